The number of unbranched alkanes of at least 4 members (excludes halogenated alkanes) is 2. The van der Waals surface area contributed by atoms with Crippen LogP contribution >= 0.6 is 27.5 Å². The van der Waals surface area contributed by atoms with Gasteiger partial charge in [-0.2, -0.15) is 0 Å². The molecule has 4 nitrogen and oxygen atoms in total. The van der Waals surface area contributed by atoms with Crippen LogP contribution in [0.2, 0.25) is 5.02 Å². The van der Waals surface area contributed by atoms with Crippen molar-refractivity contribution in [3.8, 4) is 0 Å². The Labute approximate surface area is 186 Å². The average molecular weight is 477 g/mol. The van der Waals surface area contributed by atoms with E-state index in [-0.39, 0.29) is 5.91 Å². The Balaban J connectivity index is 1.96. The summed E-state index contributed by atoms with van der Waals surface area (Å²) in [7, 11) is 0. The Morgan fingerprint density at radius 1 is 1.14 bits per heavy atom. The number of carbonyl (C=O) groups excluding carboxylic acids is 1. The Kier molecular flexibility index (Phi) is 7.73. The van der Waals surface area contributed by atoms with Crippen LogP contribution in [0.4, 0.5) is 0 Å². The van der Waals surface area contributed by atoms with Gasteiger partial charge in [0.25, 0.3) is 5.91 Å². The summed E-state index contributed by atoms with van der Waals surface area (Å²) in [6.07, 6.45) is 4.18. The van der Waals surface area contributed by atoms with Crippen LogP contribution < -0.4 is 0 Å². The number of benzene rings is 2. The number of aryl methyl sites for hydroxylation is 1. The molecule has 0 aliphatic carbocycles. The first kappa shape index (κ1) is 21.8. The van der Waals surface area contributed by atoms with Gasteiger partial charge in [-0.3, -0.25) is 4.79 Å². The van der Waals surface area contributed by atoms with E-state index < -0.39 is 0 Å². The van der Waals surface area contributed by atoms with E-state index in [2.05, 4.69) is 34.3 Å². The second-order valence-electron chi connectivity index (χ2n) is 7.23. The molecular formula is C23H27BrClN3O. The zero-order chi connectivity index (χ0) is 20.8. The van der Waals surface area contributed by atoms with Crippen LogP contribution in [0.15, 0.2) is 46.9 Å². The van der Waals surface area contributed by atoms with Crippen molar-refractivity contribution in [1.29, 1.82) is 0 Å². The van der Waals surface area contributed by atoms with Crippen LogP contribution in [0.5, 0.6) is 0 Å². The van der Waals surface area contributed by atoms with Gasteiger partial charge in [-0.15, -0.1) is 0 Å². The van der Waals surface area contributed by atoms with E-state index in [1.165, 1.54) is 0 Å². The first-order valence-corrected chi connectivity index (χ1v) is 11.4. The van der Waals surface area contributed by atoms with Gasteiger partial charge in [-0.25, -0.2) is 4.98 Å². The summed E-state index contributed by atoms with van der Waals surface area (Å²) in [5.41, 5.74) is 2.63. The van der Waals surface area contributed by atoms with E-state index in [1.807, 2.05) is 47.4 Å². The molecule has 1 heterocycles. The molecule has 0 fully saturated rings. The average Bonchev–Trinajstić information content (AvgIpc) is 3.04. The Morgan fingerprint density at radius 2 is 1.93 bits per heavy atom. The highest BCUT2D eigenvalue weighted by Gasteiger charge is 2.21. The second kappa shape index (κ2) is 10.3. The van der Waals surface area contributed by atoms with Gasteiger partial charge in [0.2, 0.25) is 0 Å². The van der Waals surface area contributed by atoms with Gasteiger partial charge in [0.1, 0.15) is 5.82 Å². The Hall–Kier alpha value is -1.85. The zero-order valence-electron chi connectivity index (χ0n) is 17.0. The fourth-order valence-corrected chi connectivity index (χ4v) is 4.14. The van der Waals surface area contributed by atoms with Crippen molar-refractivity contribution in [3.05, 3.63) is 63.3 Å². The normalized spacial score (nSPS) is 11.2. The molecule has 0 aliphatic heterocycles. The van der Waals surface area contributed by atoms with Crippen LogP contribution in [0, 0.1) is 0 Å². The van der Waals surface area contributed by atoms with Crippen LogP contribution in [-0.2, 0) is 13.1 Å². The first-order chi connectivity index (χ1) is 14.0. The van der Waals surface area contributed by atoms with Gasteiger partial charge in [0.15, 0.2) is 0 Å². The molecule has 1 amide bonds. The fraction of sp³-hybridized carbons (Fsp3) is 0.391. The van der Waals surface area contributed by atoms with Gasteiger partial charge in [-0.1, -0.05) is 50.4 Å². The van der Waals surface area contributed by atoms with E-state index in [0.717, 1.165) is 53.6 Å². The quantitative estimate of drug-likeness (QED) is 0.322. The minimum atomic E-state index is 0.0294. The number of hydrogen-bond donors (Lipinski definition) is 0. The predicted octanol–water partition coefficient (Wildman–Crippen LogP) is 6.69. The maximum absolute atomic E-state index is 13.3. The molecule has 0 radical (unpaired) electrons. The molecule has 0 saturated carbocycles. The number of halogens is 2. The third kappa shape index (κ3) is 5.20. The Morgan fingerprint density at radius 3 is 2.66 bits per heavy atom. The van der Waals surface area contributed by atoms with Crippen molar-refractivity contribution in [3.63, 3.8) is 0 Å². The molecule has 1 aromatic heterocycles. The van der Waals surface area contributed by atoms with Crippen LogP contribution in [0.25, 0.3) is 11.0 Å². The largest absolute Gasteiger partial charge is 0.331 e. The number of carbonyl (C=O) groups is 1. The highest BCUT2D eigenvalue weighted by molar-refractivity contribution is 9.10. The molecule has 3 rings (SSSR count). The van der Waals surface area contributed by atoms with Gasteiger partial charge < -0.3 is 9.47 Å². The van der Waals surface area contributed by atoms with Crippen LogP contribution in [0.3, 0.4) is 0 Å². The fourth-order valence-electron chi connectivity index (χ4n) is 3.52. The highest BCUT2D eigenvalue weighted by Crippen LogP contribution is 2.24. The predicted molar refractivity (Wildman–Crippen MR) is 123 cm³/mol. The van der Waals surface area contributed by atoms with Crippen LogP contribution in [-0.4, -0.2) is 26.9 Å². The molecule has 0 unspecified atom stereocenters. The molecule has 0 spiro atoms. The van der Waals surface area contributed by atoms with Gasteiger partial charge in [-0.05, 0) is 59.1 Å². The van der Waals surface area contributed by atoms with Crippen molar-refractivity contribution in [2.24, 2.45) is 0 Å². The summed E-state index contributed by atoms with van der Waals surface area (Å²) < 4.78 is 3.01. The minimum Gasteiger partial charge on any atom is -0.331 e. The maximum Gasteiger partial charge on any atom is 0.255 e. The molecule has 0 aliphatic rings. The smallest absolute Gasteiger partial charge is 0.255 e. The molecule has 0 bridgehead atoms. The van der Waals surface area contributed by atoms with Crippen LogP contribution in [0.1, 0.15) is 55.7 Å². The molecular weight excluding hydrogens is 450 g/mol. The van der Waals surface area contributed by atoms with E-state index in [4.69, 9.17) is 16.6 Å². The van der Waals surface area contributed by atoms with Gasteiger partial charge in [0, 0.05) is 22.6 Å². The number of amides is 1. The van der Waals surface area contributed by atoms with Crippen molar-refractivity contribution < 1.29 is 4.79 Å². The molecule has 2 aromatic carbocycles. The second-order valence-corrected chi connectivity index (χ2v) is 8.52. The van der Waals surface area contributed by atoms with Crippen molar-refractivity contribution in [1.82, 2.24) is 14.5 Å². The number of aromatic nitrogens is 2. The summed E-state index contributed by atoms with van der Waals surface area (Å²) in [5, 5.41) is 0.699. The first-order valence-electron chi connectivity index (χ1n) is 10.2. The Bertz CT molecular complexity index is 985. The zero-order valence-corrected chi connectivity index (χ0v) is 19.3. The standard InChI is InChI=1S/C23H27BrClN3O/c1-3-5-8-14-27(23(29)18-9-6-7-10-19(18)24)16-22-26-20-12-11-17(25)15-21(20)28(22)13-4-2/h6-7,9-12,15H,3-5,8,13-14,16H2,1-2H3. The molecule has 0 saturated heterocycles. The van der Waals surface area contributed by atoms with Crippen molar-refractivity contribution >= 4 is 44.5 Å². The van der Waals surface area contributed by atoms with E-state index in [1.54, 1.807) is 0 Å². The van der Waals surface area contributed by atoms with Gasteiger partial charge in [0.05, 0.1) is 23.1 Å². The number of rotatable bonds is 9. The molecule has 154 valence electrons. The number of nitrogens with zero attached hydrogens (tertiary/aromatic N) is 3. The lowest BCUT2D eigenvalue weighted by molar-refractivity contribution is 0.0733. The summed E-state index contributed by atoms with van der Waals surface area (Å²) in [6, 6.07) is 13.4. The topological polar surface area (TPSA) is 38.1 Å². The lowest BCUT2D eigenvalue weighted by Gasteiger charge is -2.23. The lowest BCUT2D eigenvalue weighted by Crippen LogP contribution is -2.33. The third-order valence-corrected chi connectivity index (χ3v) is 5.92. The summed E-state index contributed by atoms with van der Waals surface area (Å²) in [4.78, 5) is 20.1. The molecule has 3 aromatic rings. The number of hydrogen-bond acceptors (Lipinski definition) is 2. The minimum absolute atomic E-state index is 0.0294. The molecule has 0 N–H and O–H groups in total. The number of fused-ring (bicyclic) bond motifs is 1. The van der Waals surface area contributed by atoms with E-state index >= 15 is 0 Å². The summed E-state index contributed by atoms with van der Waals surface area (Å²) >= 11 is 9.75. The molecule has 6 heteroatoms. The van der Waals surface area contributed by atoms with Crippen molar-refractivity contribution in [2.75, 3.05) is 6.54 Å². The van der Waals surface area contributed by atoms with E-state index in [9.17, 15) is 4.79 Å². The summed E-state index contributed by atoms with van der Waals surface area (Å²) in [6.45, 7) is 6.36. The molecule has 0 atom stereocenters. The van der Waals surface area contributed by atoms with Gasteiger partial charge >= 0.3 is 0 Å². The third-order valence-electron chi connectivity index (χ3n) is 4.99. The highest BCUT2D eigenvalue weighted by atomic mass is 79.9. The monoisotopic (exact) mass is 475 g/mol. The molecule has 29 heavy (non-hydrogen) atoms. The lowest BCUT2D eigenvalue weighted by atomic mass is 10.1. The summed E-state index contributed by atoms with van der Waals surface area (Å²) in [5.74, 6) is 0.933. The SMILES string of the molecule is CCCCCN(Cc1nc2ccc(Cl)cc2n1CCC)C(=O)c1ccccc1Br. The van der Waals surface area contributed by atoms with Crippen molar-refractivity contribution in [2.45, 2.75) is 52.6 Å². The number of imidazole rings is 1. The maximum atomic E-state index is 13.3. The van der Waals surface area contributed by atoms with E-state index in [0.29, 0.717) is 23.7 Å².